The number of sulfonamides is 1. The fraction of sp³-hybridized carbons (Fsp3) is 0.179. The molecule has 2 aromatic heterocycles. The summed E-state index contributed by atoms with van der Waals surface area (Å²) in [5.74, 6) is 0.662. The van der Waals surface area contributed by atoms with E-state index in [2.05, 4.69) is 14.7 Å². The lowest BCUT2D eigenvalue weighted by Crippen LogP contribution is -2.28. The van der Waals surface area contributed by atoms with Gasteiger partial charge in [-0.25, -0.2) is 27.5 Å². The maximum absolute atomic E-state index is 13.7. The molecule has 194 valence electrons. The number of hydrogen-bond donors (Lipinski definition) is 3. The number of pyridine rings is 1. The monoisotopic (exact) mass is 530 g/mol. The number of benzene rings is 2. The smallest absolute Gasteiger partial charge is 0.240 e. The van der Waals surface area contributed by atoms with Gasteiger partial charge in [-0.1, -0.05) is 30.3 Å². The molecular weight excluding hydrogens is 503 g/mol. The second-order valence-electron chi connectivity index (χ2n) is 8.95. The summed E-state index contributed by atoms with van der Waals surface area (Å²) in [6, 6.07) is 18.7. The van der Waals surface area contributed by atoms with Crippen LogP contribution in [0.3, 0.4) is 0 Å². The third kappa shape index (κ3) is 5.41. The van der Waals surface area contributed by atoms with Gasteiger partial charge in [-0.2, -0.15) is 0 Å². The van der Waals surface area contributed by atoms with Gasteiger partial charge in [0.1, 0.15) is 17.5 Å². The highest BCUT2D eigenvalue weighted by molar-refractivity contribution is 7.89. The molecule has 0 saturated carbocycles. The number of hydrogen-bond acceptors (Lipinski definition) is 5. The van der Waals surface area contributed by atoms with E-state index in [0.29, 0.717) is 28.7 Å². The predicted molar refractivity (Wildman–Crippen MR) is 145 cm³/mol. The lowest BCUT2D eigenvalue weighted by atomic mass is 10.0. The maximum Gasteiger partial charge on any atom is 0.240 e. The second kappa shape index (κ2) is 10.7. The number of halogens is 1. The summed E-state index contributed by atoms with van der Waals surface area (Å²) >= 11 is 0. The molecule has 1 aliphatic rings. The molecule has 1 saturated heterocycles. The van der Waals surface area contributed by atoms with Crippen LogP contribution in [0.25, 0.3) is 28.7 Å². The zero-order valence-electron chi connectivity index (χ0n) is 20.7. The Hall–Kier alpha value is -4.15. The van der Waals surface area contributed by atoms with Gasteiger partial charge in [0.05, 0.1) is 34.2 Å². The van der Waals surface area contributed by atoms with E-state index >= 15 is 0 Å². The number of rotatable bonds is 7. The van der Waals surface area contributed by atoms with Crippen molar-refractivity contribution < 1.29 is 12.8 Å². The van der Waals surface area contributed by atoms with Gasteiger partial charge in [-0.15, -0.1) is 0 Å². The Labute approximate surface area is 220 Å². The minimum absolute atomic E-state index is 0.0191. The van der Waals surface area contributed by atoms with E-state index in [9.17, 15) is 12.8 Å². The van der Waals surface area contributed by atoms with Gasteiger partial charge < -0.3 is 9.88 Å². The number of nitrogens with one attached hydrogen (secondary N) is 3. The Morgan fingerprint density at radius 3 is 2.66 bits per heavy atom. The SMILES string of the molecule is CNS(=O)(=O)c1ccc(-c2cccc(-c3cnc(/C=C\C(=N)N4CCC[C@@H]4c4cccc(F)c4)[nH]3)n2)cc1. The van der Waals surface area contributed by atoms with E-state index in [1.165, 1.54) is 13.1 Å². The highest BCUT2D eigenvalue weighted by Gasteiger charge is 2.27. The molecule has 0 amide bonds. The van der Waals surface area contributed by atoms with Crippen LogP contribution >= 0.6 is 0 Å². The molecule has 10 heteroatoms. The van der Waals surface area contributed by atoms with Crippen LogP contribution in [0.1, 0.15) is 30.3 Å². The molecular formula is C28H27FN6O2S. The van der Waals surface area contributed by atoms with E-state index in [1.54, 1.807) is 54.7 Å². The molecule has 0 radical (unpaired) electrons. The average Bonchev–Trinajstić information content (AvgIpc) is 3.62. The van der Waals surface area contributed by atoms with Crippen molar-refractivity contribution in [2.24, 2.45) is 0 Å². The summed E-state index contributed by atoms with van der Waals surface area (Å²) in [5.41, 5.74) is 3.76. The summed E-state index contributed by atoms with van der Waals surface area (Å²) in [4.78, 5) is 14.5. The zero-order valence-corrected chi connectivity index (χ0v) is 21.5. The normalized spacial score (nSPS) is 15.8. The first-order valence-corrected chi connectivity index (χ1v) is 13.7. The highest BCUT2D eigenvalue weighted by atomic mass is 32.2. The summed E-state index contributed by atoms with van der Waals surface area (Å²) < 4.78 is 40.0. The van der Waals surface area contributed by atoms with Crippen LogP contribution in [0.4, 0.5) is 4.39 Å². The van der Waals surface area contributed by atoms with E-state index in [1.807, 2.05) is 29.2 Å². The number of aromatic amines is 1. The van der Waals surface area contributed by atoms with Gasteiger partial charge in [0, 0.05) is 12.1 Å². The van der Waals surface area contributed by atoms with Crippen LogP contribution in [0, 0.1) is 11.2 Å². The van der Waals surface area contributed by atoms with Gasteiger partial charge in [0.2, 0.25) is 10.0 Å². The van der Waals surface area contributed by atoms with Gasteiger partial charge in [0.25, 0.3) is 0 Å². The van der Waals surface area contributed by atoms with Gasteiger partial charge in [-0.05, 0) is 74.0 Å². The highest BCUT2D eigenvalue weighted by Crippen LogP contribution is 2.32. The van der Waals surface area contributed by atoms with E-state index in [-0.39, 0.29) is 16.8 Å². The van der Waals surface area contributed by atoms with Crippen molar-refractivity contribution in [1.29, 1.82) is 5.41 Å². The molecule has 1 fully saturated rings. The largest absolute Gasteiger partial charge is 0.350 e. The van der Waals surface area contributed by atoms with Crippen molar-refractivity contribution in [2.45, 2.75) is 23.8 Å². The van der Waals surface area contributed by atoms with E-state index in [0.717, 1.165) is 30.5 Å². The molecule has 0 bridgehead atoms. The maximum atomic E-state index is 13.7. The number of aromatic nitrogens is 3. The molecule has 1 atom stereocenters. The second-order valence-corrected chi connectivity index (χ2v) is 10.8. The first-order chi connectivity index (χ1) is 18.3. The summed E-state index contributed by atoms with van der Waals surface area (Å²) in [5, 5.41) is 8.58. The van der Waals surface area contributed by atoms with Gasteiger partial charge in [-0.3, -0.25) is 5.41 Å². The molecule has 0 aliphatic carbocycles. The quantitative estimate of drug-likeness (QED) is 0.229. The molecule has 38 heavy (non-hydrogen) atoms. The molecule has 4 aromatic rings. The Bertz CT molecular complexity index is 1600. The lowest BCUT2D eigenvalue weighted by molar-refractivity contribution is 0.399. The summed E-state index contributed by atoms with van der Waals surface area (Å²) in [6.07, 6.45) is 6.95. The molecule has 0 spiro atoms. The summed E-state index contributed by atoms with van der Waals surface area (Å²) in [7, 11) is -2.13. The topological polar surface area (TPSA) is 115 Å². The number of imidazole rings is 1. The molecule has 3 heterocycles. The third-order valence-corrected chi connectivity index (χ3v) is 7.97. The number of likely N-dealkylation sites (tertiary alicyclic amines) is 1. The average molecular weight is 531 g/mol. The van der Waals surface area contributed by atoms with Crippen LogP contribution in [-0.4, -0.2) is 47.7 Å². The van der Waals surface area contributed by atoms with Gasteiger partial charge in [0.15, 0.2) is 0 Å². The van der Waals surface area contributed by atoms with Crippen LogP contribution < -0.4 is 4.72 Å². The third-order valence-electron chi connectivity index (χ3n) is 6.54. The van der Waals surface area contributed by atoms with Crippen LogP contribution in [0.15, 0.2) is 83.9 Å². The number of amidine groups is 1. The van der Waals surface area contributed by atoms with Crippen molar-refractivity contribution >= 4 is 21.9 Å². The van der Waals surface area contributed by atoms with Gasteiger partial charge >= 0.3 is 0 Å². The summed E-state index contributed by atoms with van der Waals surface area (Å²) in [6.45, 7) is 0.742. The zero-order chi connectivity index (χ0) is 26.7. The fourth-order valence-electron chi connectivity index (χ4n) is 4.59. The van der Waals surface area contributed by atoms with Crippen LogP contribution in [0.5, 0.6) is 0 Å². The molecule has 3 N–H and O–H groups in total. The molecule has 5 rings (SSSR count). The van der Waals surface area contributed by atoms with Crippen molar-refractivity contribution in [3.05, 3.63) is 96.2 Å². The Balaban J connectivity index is 1.30. The van der Waals surface area contributed by atoms with Crippen LogP contribution in [-0.2, 0) is 10.0 Å². The van der Waals surface area contributed by atoms with Crippen molar-refractivity contribution in [1.82, 2.24) is 24.6 Å². The van der Waals surface area contributed by atoms with E-state index < -0.39 is 10.0 Å². The lowest BCUT2D eigenvalue weighted by Gasteiger charge is -2.26. The minimum atomic E-state index is -3.51. The van der Waals surface area contributed by atoms with Crippen molar-refractivity contribution in [2.75, 3.05) is 13.6 Å². The Morgan fingerprint density at radius 2 is 1.89 bits per heavy atom. The standard InChI is InChI=1S/C28H27FN6O2S/c1-31-38(36,37)22-12-10-19(11-13-22)23-7-3-8-24(33-23)25-18-32-28(34-25)15-14-27(30)35-16-4-9-26(35)20-5-2-6-21(29)17-20/h2-3,5-8,10-15,17-18,26,30-31H,4,9,16H2,1H3,(H,32,34)/b15-14-,30-27?/t26-/m1/s1. The number of H-pyrrole nitrogens is 1. The Kier molecular flexibility index (Phi) is 7.17. The Morgan fingerprint density at radius 1 is 1.13 bits per heavy atom. The van der Waals surface area contributed by atoms with Crippen LogP contribution in [0.2, 0.25) is 0 Å². The predicted octanol–water partition coefficient (Wildman–Crippen LogP) is 5.01. The molecule has 2 aromatic carbocycles. The molecule has 8 nitrogen and oxygen atoms in total. The molecule has 1 aliphatic heterocycles. The van der Waals surface area contributed by atoms with Crippen molar-refractivity contribution in [3.8, 4) is 22.6 Å². The first kappa shape index (κ1) is 25.5. The van der Waals surface area contributed by atoms with E-state index in [4.69, 9.17) is 10.4 Å². The fourth-order valence-corrected chi connectivity index (χ4v) is 5.32. The van der Waals surface area contributed by atoms with Crippen molar-refractivity contribution in [3.63, 3.8) is 0 Å². The molecule has 0 unspecified atom stereocenters. The minimum Gasteiger partial charge on any atom is -0.350 e. The number of nitrogens with zero attached hydrogens (tertiary/aromatic N) is 3. The first-order valence-electron chi connectivity index (χ1n) is 12.2.